The molecule has 4 rings (SSSR count). The van der Waals surface area contributed by atoms with Crippen molar-refractivity contribution in [2.75, 3.05) is 4.90 Å². The van der Waals surface area contributed by atoms with E-state index in [2.05, 4.69) is 46.4 Å². The molecule has 1 aliphatic carbocycles. The maximum atomic E-state index is 5.42. The van der Waals surface area contributed by atoms with Crippen molar-refractivity contribution in [2.24, 2.45) is 5.92 Å². The molecule has 0 amide bonds. The molecular weight excluding hydrogens is 256 g/mol. The fourth-order valence-corrected chi connectivity index (χ4v) is 3.81. The summed E-state index contributed by atoms with van der Waals surface area (Å²) in [6.07, 6.45) is 8.14. The summed E-state index contributed by atoms with van der Waals surface area (Å²) < 4.78 is 5.42. The van der Waals surface area contributed by atoms with Crippen LogP contribution < -0.4 is 4.90 Å². The van der Waals surface area contributed by atoms with Crippen LogP contribution in [0.2, 0.25) is 0 Å². The molecule has 2 aromatic rings. The van der Waals surface area contributed by atoms with Crippen LogP contribution in [0.15, 0.2) is 53.5 Å². The standard InChI is InChI=1S/C15H14N2OS/c1-2-4-12(5-3-1)17-9-14(13-8-16-10-18-13)19-15(17)11-6-7-11/h1-5,8-11,15H,6-7H2. The van der Waals surface area contributed by atoms with Gasteiger partial charge in [-0.3, -0.25) is 0 Å². The van der Waals surface area contributed by atoms with Gasteiger partial charge < -0.3 is 9.32 Å². The zero-order chi connectivity index (χ0) is 12.7. The van der Waals surface area contributed by atoms with E-state index in [1.165, 1.54) is 29.8 Å². The van der Waals surface area contributed by atoms with Crippen molar-refractivity contribution in [3.05, 3.63) is 54.9 Å². The summed E-state index contributed by atoms with van der Waals surface area (Å²) in [5.41, 5.74) is 1.25. The van der Waals surface area contributed by atoms with Crippen molar-refractivity contribution in [1.29, 1.82) is 0 Å². The lowest BCUT2D eigenvalue weighted by Crippen LogP contribution is -2.25. The van der Waals surface area contributed by atoms with Gasteiger partial charge in [-0.1, -0.05) is 30.0 Å². The van der Waals surface area contributed by atoms with Crippen molar-refractivity contribution in [1.82, 2.24) is 4.98 Å². The van der Waals surface area contributed by atoms with Gasteiger partial charge in [0.15, 0.2) is 12.2 Å². The van der Waals surface area contributed by atoms with E-state index < -0.39 is 0 Å². The van der Waals surface area contributed by atoms with Crippen LogP contribution in [0.4, 0.5) is 5.69 Å². The van der Waals surface area contributed by atoms with Gasteiger partial charge in [0.2, 0.25) is 0 Å². The van der Waals surface area contributed by atoms with E-state index in [0.29, 0.717) is 5.37 Å². The fraction of sp³-hybridized carbons (Fsp3) is 0.267. The lowest BCUT2D eigenvalue weighted by atomic mass is 10.2. The van der Waals surface area contributed by atoms with E-state index in [9.17, 15) is 0 Å². The van der Waals surface area contributed by atoms with Gasteiger partial charge >= 0.3 is 0 Å². The van der Waals surface area contributed by atoms with Crippen molar-refractivity contribution in [3.63, 3.8) is 0 Å². The Hall–Kier alpha value is -1.68. The number of thioether (sulfide) groups is 1. The molecule has 3 nitrogen and oxygen atoms in total. The van der Waals surface area contributed by atoms with E-state index in [1.54, 1.807) is 6.20 Å². The molecule has 2 heterocycles. The summed E-state index contributed by atoms with van der Waals surface area (Å²) in [6, 6.07) is 10.6. The Morgan fingerprint density at radius 1 is 1.21 bits per heavy atom. The quantitative estimate of drug-likeness (QED) is 0.844. The van der Waals surface area contributed by atoms with Gasteiger partial charge in [0.1, 0.15) is 0 Å². The third-order valence-corrected chi connectivity index (χ3v) is 4.95. The summed E-state index contributed by atoms with van der Waals surface area (Å²) in [7, 11) is 0. The smallest absolute Gasteiger partial charge is 0.181 e. The van der Waals surface area contributed by atoms with Crippen LogP contribution in [-0.4, -0.2) is 10.4 Å². The molecule has 0 radical (unpaired) electrons. The molecule has 19 heavy (non-hydrogen) atoms. The minimum atomic E-state index is 0.502. The lowest BCUT2D eigenvalue weighted by Gasteiger charge is -2.24. The summed E-state index contributed by atoms with van der Waals surface area (Å²) in [5, 5.41) is 0.502. The molecular formula is C15H14N2OS. The molecule has 1 unspecified atom stereocenters. The second kappa shape index (κ2) is 4.46. The molecule has 0 bridgehead atoms. The van der Waals surface area contributed by atoms with E-state index >= 15 is 0 Å². The second-order valence-corrected chi connectivity index (χ2v) is 6.11. The number of hydrogen-bond donors (Lipinski definition) is 0. The van der Waals surface area contributed by atoms with Crippen LogP contribution in [0.25, 0.3) is 4.91 Å². The SMILES string of the molecule is C1=C(c2cnco2)SC(C2CC2)N1c1ccccc1. The highest BCUT2D eigenvalue weighted by Gasteiger charge is 2.40. The normalized spacial score (nSPS) is 22.6. The lowest BCUT2D eigenvalue weighted by molar-refractivity contribution is 0.547. The van der Waals surface area contributed by atoms with Crippen LogP contribution >= 0.6 is 11.8 Å². The van der Waals surface area contributed by atoms with Crippen molar-refractivity contribution >= 4 is 22.4 Å². The number of aromatic nitrogens is 1. The first-order valence-electron chi connectivity index (χ1n) is 6.52. The Bertz CT molecular complexity index is 590. The van der Waals surface area contributed by atoms with Gasteiger partial charge in [0, 0.05) is 11.9 Å². The molecule has 1 aliphatic heterocycles. The predicted molar refractivity (Wildman–Crippen MR) is 77.5 cm³/mol. The zero-order valence-corrected chi connectivity index (χ0v) is 11.2. The highest BCUT2D eigenvalue weighted by molar-refractivity contribution is 8.09. The summed E-state index contributed by atoms with van der Waals surface area (Å²) >= 11 is 1.90. The molecule has 1 saturated carbocycles. The summed E-state index contributed by atoms with van der Waals surface area (Å²) in [6.45, 7) is 0. The first-order chi connectivity index (χ1) is 9.42. The number of benzene rings is 1. The Balaban J connectivity index is 1.69. The molecule has 0 spiro atoms. The van der Waals surface area contributed by atoms with E-state index in [0.717, 1.165) is 11.7 Å². The van der Waals surface area contributed by atoms with Gasteiger partial charge in [0.25, 0.3) is 0 Å². The Morgan fingerprint density at radius 3 is 2.74 bits per heavy atom. The number of rotatable bonds is 3. The van der Waals surface area contributed by atoms with Gasteiger partial charge in [-0.15, -0.1) is 0 Å². The third-order valence-electron chi connectivity index (χ3n) is 3.53. The maximum Gasteiger partial charge on any atom is 0.181 e. The van der Waals surface area contributed by atoms with Crippen LogP contribution in [0.1, 0.15) is 18.6 Å². The van der Waals surface area contributed by atoms with Gasteiger partial charge in [-0.2, -0.15) is 0 Å². The number of anilines is 1. The predicted octanol–water partition coefficient (Wildman–Crippen LogP) is 3.96. The molecule has 1 aromatic carbocycles. The topological polar surface area (TPSA) is 29.3 Å². The van der Waals surface area contributed by atoms with Crippen LogP contribution in [0, 0.1) is 5.92 Å². The Morgan fingerprint density at radius 2 is 2.05 bits per heavy atom. The molecule has 2 aliphatic rings. The average Bonchev–Trinajstić information content (AvgIpc) is 3.00. The molecule has 1 aromatic heterocycles. The van der Waals surface area contributed by atoms with E-state index in [4.69, 9.17) is 4.42 Å². The highest BCUT2D eigenvalue weighted by atomic mass is 32.2. The van der Waals surface area contributed by atoms with E-state index in [-0.39, 0.29) is 0 Å². The zero-order valence-electron chi connectivity index (χ0n) is 10.4. The van der Waals surface area contributed by atoms with Crippen molar-refractivity contribution < 1.29 is 4.42 Å². The summed E-state index contributed by atoms with van der Waals surface area (Å²) in [5.74, 6) is 1.66. The number of oxazole rings is 1. The number of para-hydroxylation sites is 1. The first-order valence-corrected chi connectivity index (χ1v) is 7.40. The summed E-state index contributed by atoms with van der Waals surface area (Å²) in [4.78, 5) is 7.56. The fourth-order valence-electron chi connectivity index (χ4n) is 2.40. The maximum absolute atomic E-state index is 5.42. The van der Waals surface area contributed by atoms with Crippen molar-refractivity contribution in [2.45, 2.75) is 18.2 Å². The molecule has 4 heteroatoms. The third kappa shape index (κ3) is 2.06. The number of nitrogens with zero attached hydrogens (tertiary/aromatic N) is 2. The molecule has 1 atom stereocenters. The highest BCUT2D eigenvalue weighted by Crippen LogP contribution is 2.50. The van der Waals surface area contributed by atoms with Gasteiger partial charge in [-0.25, -0.2) is 4.98 Å². The van der Waals surface area contributed by atoms with E-state index in [1.807, 2.05) is 11.8 Å². The largest absolute Gasteiger partial charge is 0.443 e. The average molecular weight is 270 g/mol. The number of hydrogen-bond acceptors (Lipinski definition) is 4. The molecule has 1 fully saturated rings. The van der Waals surface area contributed by atoms with Crippen molar-refractivity contribution in [3.8, 4) is 0 Å². The molecule has 0 N–H and O–H groups in total. The molecule has 96 valence electrons. The minimum Gasteiger partial charge on any atom is -0.443 e. The van der Waals surface area contributed by atoms with Gasteiger partial charge in [0.05, 0.1) is 16.5 Å². The van der Waals surface area contributed by atoms with Crippen LogP contribution in [-0.2, 0) is 0 Å². The Kier molecular flexibility index (Phi) is 2.62. The second-order valence-electron chi connectivity index (χ2n) is 4.95. The van der Waals surface area contributed by atoms with Gasteiger partial charge in [-0.05, 0) is 30.9 Å². The molecule has 0 saturated heterocycles. The Labute approximate surface area is 116 Å². The monoisotopic (exact) mass is 270 g/mol. The first kappa shape index (κ1) is 11.2. The van der Waals surface area contributed by atoms with Crippen LogP contribution in [0.5, 0.6) is 0 Å². The van der Waals surface area contributed by atoms with Crippen LogP contribution in [0.3, 0.4) is 0 Å². The minimum absolute atomic E-state index is 0.502.